The molecular formula is C16H29N3O2S2. The number of hydrogen-bond donors (Lipinski definition) is 2. The van der Waals surface area contributed by atoms with Gasteiger partial charge in [0.05, 0.1) is 11.3 Å². The molecule has 0 unspecified atom stereocenters. The third-order valence-corrected chi connectivity index (χ3v) is 7.22. The molecule has 0 radical (unpaired) electrons. The summed E-state index contributed by atoms with van der Waals surface area (Å²) in [5.74, 6) is 0.647. The van der Waals surface area contributed by atoms with Gasteiger partial charge in [-0.2, -0.15) is 0 Å². The van der Waals surface area contributed by atoms with Crippen molar-refractivity contribution in [3.63, 3.8) is 0 Å². The summed E-state index contributed by atoms with van der Waals surface area (Å²) >= 11 is 1.74. The Bertz CT molecular complexity index is 618. The maximum atomic E-state index is 11.8. The average Bonchev–Trinajstić information content (AvgIpc) is 2.95. The first-order valence-corrected chi connectivity index (χ1v) is 10.5. The minimum absolute atomic E-state index is 0.0172. The van der Waals surface area contributed by atoms with Crippen LogP contribution in [0.3, 0.4) is 0 Å². The Hall–Kier alpha value is -1.08. The largest absolute Gasteiger partial charge is 0.357 e. The maximum Gasteiger partial charge on any atom is 0.191 e. The fourth-order valence-electron chi connectivity index (χ4n) is 1.78. The molecule has 0 spiro atoms. The summed E-state index contributed by atoms with van der Waals surface area (Å²) in [6.07, 6.45) is 1.25. The number of hydrogen-bond acceptors (Lipinski definition) is 4. The Balaban J connectivity index is 2.77. The van der Waals surface area contributed by atoms with Gasteiger partial charge in [-0.15, -0.1) is 11.3 Å². The molecule has 0 amide bonds. The summed E-state index contributed by atoms with van der Waals surface area (Å²) in [7, 11) is -3.15. The van der Waals surface area contributed by atoms with E-state index in [4.69, 9.17) is 0 Å². The highest BCUT2D eigenvalue weighted by Crippen LogP contribution is 2.26. The van der Waals surface area contributed by atoms with E-state index in [1.165, 1.54) is 11.1 Å². The minimum Gasteiger partial charge on any atom is -0.357 e. The fraction of sp³-hybridized carbons (Fsp3) is 0.688. The van der Waals surface area contributed by atoms with E-state index in [-0.39, 0.29) is 12.0 Å². The molecule has 1 aromatic heterocycles. The lowest BCUT2D eigenvalue weighted by Gasteiger charge is -2.26. The van der Waals surface area contributed by atoms with E-state index < -0.39 is 14.6 Å². The first-order valence-electron chi connectivity index (χ1n) is 7.75. The number of aliphatic imine (C=N–C) groups is 1. The van der Waals surface area contributed by atoms with Crippen molar-refractivity contribution in [2.45, 2.75) is 44.8 Å². The molecule has 7 heteroatoms. The Kier molecular flexibility index (Phi) is 6.65. The van der Waals surface area contributed by atoms with Crippen LogP contribution in [0.4, 0.5) is 0 Å². The molecule has 0 bridgehead atoms. The standard InChI is InChI=1S/C16H29N3O2S2/c1-7-17-14(19-12-16(4,5)23(6,20)21)18-11-15(2,3)13-9-8-10-22-13/h8-10H,7,11-12H2,1-6H3,(H2,17,18,19). The molecule has 0 saturated heterocycles. The zero-order chi connectivity index (χ0) is 17.7. The van der Waals surface area contributed by atoms with Crippen molar-refractivity contribution in [1.82, 2.24) is 10.6 Å². The average molecular weight is 360 g/mol. The molecule has 0 fully saturated rings. The molecule has 132 valence electrons. The predicted molar refractivity (Wildman–Crippen MR) is 100 cm³/mol. The molecule has 1 heterocycles. The van der Waals surface area contributed by atoms with E-state index in [1.807, 2.05) is 6.92 Å². The van der Waals surface area contributed by atoms with Crippen LogP contribution in [-0.2, 0) is 15.3 Å². The number of guanidine groups is 1. The van der Waals surface area contributed by atoms with Crippen molar-refractivity contribution in [2.24, 2.45) is 4.99 Å². The van der Waals surface area contributed by atoms with Crippen molar-refractivity contribution in [1.29, 1.82) is 0 Å². The van der Waals surface area contributed by atoms with Gasteiger partial charge in [0, 0.05) is 29.6 Å². The summed E-state index contributed by atoms with van der Waals surface area (Å²) in [5.41, 5.74) is -0.0172. The van der Waals surface area contributed by atoms with Crippen LogP contribution in [-0.4, -0.2) is 45.0 Å². The Morgan fingerprint density at radius 3 is 2.39 bits per heavy atom. The molecule has 0 aromatic carbocycles. The Labute approximate surface area is 144 Å². The van der Waals surface area contributed by atoms with Gasteiger partial charge in [0.1, 0.15) is 0 Å². The van der Waals surface area contributed by atoms with E-state index in [9.17, 15) is 8.42 Å². The lowest BCUT2D eigenvalue weighted by atomic mass is 9.91. The van der Waals surface area contributed by atoms with E-state index >= 15 is 0 Å². The van der Waals surface area contributed by atoms with Gasteiger partial charge in [-0.3, -0.25) is 4.99 Å². The van der Waals surface area contributed by atoms with E-state index in [2.05, 4.69) is 47.0 Å². The molecule has 1 rings (SSSR count). The first kappa shape index (κ1) is 20.0. The van der Waals surface area contributed by atoms with Gasteiger partial charge in [0.15, 0.2) is 15.8 Å². The van der Waals surface area contributed by atoms with Gasteiger partial charge in [-0.25, -0.2) is 8.42 Å². The lowest BCUT2D eigenvalue weighted by molar-refractivity contribution is 0.517. The fourth-order valence-corrected chi connectivity index (χ4v) is 2.94. The molecule has 0 saturated carbocycles. The van der Waals surface area contributed by atoms with Gasteiger partial charge in [0.2, 0.25) is 0 Å². The van der Waals surface area contributed by atoms with E-state index in [1.54, 1.807) is 25.2 Å². The van der Waals surface area contributed by atoms with Gasteiger partial charge < -0.3 is 10.6 Å². The molecule has 0 aliphatic carbocycles. The molecule has 5 nitrogen and oxygen atoms in total. The normalized spacial score (nSPS) is 13.9. The van der Waals surface area contributed by atoms with Crippen LogP contribution < -0.4 is 10.6 Å². The number of sulfone groups is 1. The van der Waals surface area contributed by atoms with Crippen molar-refractivity contribution < 1.29 is 8.42 Å². The van der Waals surface area contributed by atoms with Crippen LogP contribution in [0.1, 0.15) is 39.5 Å². The number of nitrogens with one attached hydrogen (secondary N) is 2. The van der Waals surface area contributed by atoms with Gasteiger partial charge in [-0.1, -0.05) is 19.9 Å². The second-order valence-electron chi connectivity index (χ2n) is 6.94. The van der Waals surface area contributed by atoms with E-state index in [0.717, 1.165) is 13.1 Å². The maximum absolute atomic E-state index is 11.8. The molecule has 0 aliphatic rings. The second-order valence-corrected chi connectivity index (χ2v) is 10.5. The molecule has 2 N–H and O–H groups in total. The second kappa shape index (κ2) is 7.66. The van der Waals surface area contributed by atoms with Crippen LogP contribution in [0.5, 0.6) is 0 Å². The van der Waals surface area contributed by atoms with Crippen LogP contribution in [0, 0.1) is 0 Å². The van der Waals surface area contributed by atoms with Crippen molar-refractivity contribution >= 4 is 27.1 Å². The highest BCUT2D eigenvalue weighted by molar-refractivity contribution is 7.92. The Morgan fingerprint density at radius 1 is 1.26 bits per heavy atom. The van der Waals surface area contributed by atoms with Crippen LogP contribution >= 0.6 is 11.3 Å². The third-order valence-electron chi connectivity index (χ3n) is 3.85. The minimum atomic E-state index is -3.15. The molecule has 23 heavy (non-hydrogen) atoms. The summed E-state index contributed by atoms with van der Waals surface area (Å²) < 4.78 is 22.7. The summed E-state index contributed by atoms with van der Waals surface area (Å²) in [4.78, 5) is 5.76. The van der Waals surface area contributed by atoms with Gasteiger partial charge >= 0.3 is 0 Å². The zero-order valence-corrected chi connectivity index (χ0v) is 16.6. The molecule has 0 aliphatic heterocycles. The SMILES string of the molecule is CCNC(=NCC(C)(C)S(C)(=O)=O)NCC(C)(C)c1cccs1. The molecular weight excluding hydrogens is 330 g/mol. The van der Waals surface area contributed by atoms with Crippen molar-refractivity contribution in [3.8, 4) is 0 Å². The number of rotatable bonds is 7. The molecule has 1 aromatic rings. The van der Waals surface area contributed by atoms with E-state index in [0.29, 0.717) is 5.96 Å². The summed E-state index contributed by atoms with van der Waals surface area (Å²) in [6.45, 7) is 11.4. The van der Waals surface area contributed by atoms with Crippen LogP contribution in [0.2, 0.25) is 0 Å². The smallest absolute Gasteiger partial charge is 0.191 e. The topological polar surface area (TPSA) is 70.6 Å². The highest BCUT2D eigenvalue weighted by atomic mass is 32.2. The predicted octanol–water partition coefficient (Wildman–Crippen LogP) is 2.40. The van der Waals surface area contributed by atoms with Crippen LogP contribution in [0.15, 0.2) is 22.5 Å². The first-order chi connectivity index (χ1) is 10.5. The third kappa shape index (κ3) is 5.80. The summed E-state index contributed by atoms with van der Waals surface area (Å²) in [6, 6.07) is 4.18. The lowest BCUT2D eigenvalue weighted by Crippen LogP contribution is -2.44. The van der Waals surface area contributed by atoms with Crippen molar-refractivity contribution in [2.75, 3.05) is 25.9 Å². The van der Waals surface area contributed by atoms with Crippen LogP contribution in [0.25, 0.3) is 0 Å². The van der Waals surface area contributed by atoms with Gasteiger partial charge in [0.25, 0.3) is 0 Å². The molecule has 0 atom stereocenters. The monoisotopic (exact) mass is 359 g/mol. The Morgan fingerprint density at radius 2 is 1.91 bits per heavy atom. The zero-order valence-electron chi connectivity index (χ0n) is 14.9. The number of thiophene rings is 1. The van der Waals surface area contributed by atoms with Crippen molar-refractivity contribution in [3.05, 3.63) is 22.4 Å². The summed E-state index contributed by atoms with van der Waals surface area (Å²) in [5, 5.41) is 8.57. The highest BCUT2D eigenvalue weighted by Gasteiger charge is 2.30. The van der Waals surface area contributed by atoms with Gasteiger partial charge in [-0.05, 0) is 32.2 Å². The number of nitrogens with zero attached hydrogens (tertiary/aromatic N) is 1. The quantitative estimate of drug-likeness (QED) is 0.579.